The number of amides is 3. The molecule has 2 aromatic carbocycles. The van der Waals surface area contributed by atoms with Crippen molar-refractivity contribution in [1.82, 2.24) is 15.1 Å². The van der Waals surface area contributed by atoms with Crippen molar-refractivity contribution in [1.29, 1.82) is 0 Å². The number of ether oxygens (including phenoxy) is 2. The Morgan fingerprint density at radius 1 is 1.00 bits per heavy atom. The predicted octanol–water partition coefficient (Wildman–Crippen LogP) is 2.70. The van der Waals surface area contributed by atoms with E-state index in [9.17, 15) is 14.4 Å². The first-order valence-electron chi connectivity index (χ1n) is 13.4. The fourth-order valence-corrected chi connectivity index (χ4v) is 6.89. The molecule has 192 valence electrons. The summed E-state index contributed by atoms with van der Waals surface area (Å²) >= 11 is 0. The number of rotatable bonds is 3. The number of carbonyl (C=O) groups is 3. The first kappa shape index (κ1) is 22.8. The number of piperidine rings is 2. The molecule has 0 aliphatic carbocycles. The smallest absolute Gasteiger partial charge is 0.255 e. The van der Waals surface area contributed by atoms with E-state index in [4.69, 9.17) is 9.47 Å². The van der Waals surface area contributed by atoms with Crippen LogP contribution in [0.3, 0.4) is 0 Å². The van der Waals surface area contributed by atoms with Gasteiger partial charge in [-0.15, -0.1) is 0 Å². The molecule has 1 N–H and O–H groups in total. The van der Waals surface area contributed by atoms with E-state index >= 15 is 0 Å². The zero-order valence-electron chi connectivity index (χ0n) is 20.9. The van der Waals surface area contributed by atoms with Crippen molar-refractivity contribution in [3.05, 3.63) is 58.1 Å². The average molecular weight is 502 g/mol. The van der Waals surface area contributed by atoms with Gasteiger partial charge < -0.3 is 14.4 Å². The minimum Gasteiger partial charge on any atom is -0.493 e. The monoisotopic (exact) mass is 501 g/mol. The summed E-state index contributed by atoms with van der Waals surface area (Å²) in [7, 11) is 0. The van der Waals surface area contributed by atoms with E-state index in [1.807, 2.05) is 6.07 Å². The van der Waals surface area contributed by atoms with Gasteiger partial charge in [-0.25, -0.2) is 0 Å². The zero-order chi connectivity index (χ0) is 25.1. The molecule has 37 heavy (non-hydrogen) atoms. The van der Waals surface area contributed by atoms with Crippen LogP contribution >= 0.6 is 0 Å². The van der Waals surface area contributed by atoms with Crippen molar-refractivity contribution in [2.45, 2.75) is 63.1 Å². The van der Waals surface area contributed by atoms with Crippen LogP contribution in [0.4, 0.5) is 0 Å². The Kier molecular flexibility index (Phi) is 5.29. The van der Waals surface area contributed by atoms with Crippen LogP contribution in [0.1, 0.15) is 64.7 Å². The fourth-order valence-electron chi connectivity index (χ4n) is 6.89. The minimum atomic E-state index is -0.610. The van der Waals surface area contributed by atoms with Crippen molar-refractivity contribution in [2.24, 2.45) is 0 Å². The van der Waals surface area contributed by atoms with Gasteiger partial charge in [-0.1, -0.05) is 18.2 Å². The number of nitrogens with one attached hydrogen (secondary N) is 1. The second kappa shape index (κ2) is 8.58. The Labute approximate surface area is 215 Å². The van der Waals surface area contributed by atoms with E-state index in [2.05, 4.69) is 34.5 Å². The molecule has 7 rings (SSSR count). The van der Waals surface area contributed by atoms with Gasteiger partial charge in [0.1, 0.15) is 17.5 Å². The predicted molar refractivity (Wildman–Crippen MR) is 134 cm³/mol. The molecule has 0 aromatic heterocycles. The molecule has 0 radical (unpaired) electrons. The number of hydrogen-bond donors (Lipinski definition) is 1. The highest BCUT2D eigenvalue weighted by atomic mass is 16.5. The number of fused-ring (bicyclic) bond motifs is 5. The van der Waals surface area contributed by atoms with Crippen molar-refractivity contribution < 1.29 is 23.9 Å². The van der Waals surface area contributed by atoms with Crippen LogP contribution < -0.4 is 14.8 Å². The molecule has 0 bridgehead atoms. The van der Waals surface area contributed by atoms with E-state index in [1.165, 1.54) is 16.7 Å². The lowest BCUT2D eigenvalue weighted by atomic mass is 9.74. The SMILES string of the molecule is O=C1CCC(N2Cc3c(ccc4c3OCC43CCN(Cc4cccc5c4CCCO5)CC3)C2=O)C(=O)N1. The number of likely N-dealkylation sites (tertiary alicyclic amines) is 1. The first-order chi connectivity index (χ1) is 18.0. The van der Waals surface area contributed by atoms with Gasteiger partial charge in [0, 0.05) is 35.1 Å². The molecule has 1 spiro atoms. The molecular formula is C29H31N3O5. The molecule has 1 atom stereocenters. The van der Waals surface area contributed by atoms with Crippen molar-refractivity contribution in [3.63, 3.8) is 0 Å². The molecule has 3 amide bonds. The maximum atomic E-state index is 13.2. The molecule has 5 aliphatic rings. The Morgan fingerprint density at radius 2 is 1.86 bits per heavy atom. The van der Waals surface area contributed by atoms with E-state index in [1.54, 1.807) is 4.90 Å². The molecule has 2 fully saturated rings. The lowest BCUT2D eigenvalue weighted by molar-refractivity contribution is -0.136. The average Bonchev–Trinajstić information content (AvgIpc) is 3.44. The number of nitrogens with zero attached hydrogens (tertiary/aromatic N) is 2. The Bertz CT molecular complexity index is 1310. The van der Waals surface area contributed by atoms with Crippen molar-refractivity contribution in [2.75, 3.05) is 26.3 Å². The van der Waals surface area contributed by atoms with Crippen molar-refractivity contribution in [3.8, 4) is 11.5 Å². The first-order valence-corrected chi connectivity index (χ1v) is 13.4. The third-order valence-corrected chi connectivity index (χ3v) is 9.00. The Hall–Kier alpha value is -3.39. The summed E-state index contributed by atoms with van der Waals surface area (Å²) in [6.45, 7) is 4.72. The second-order valence-electron chi connectivity index (χ2n) is 11.1. The molecular weight excluding hydrogens is 470 g/mol. The van der Waals surface area contributed by atoms with Crippen LogP contribution in [-0.4, -0.2) is 59.9 Å². The standard InChI is InChI=1S/C29H31N3O5/c33-25-9-8-23(27(34)30-25)32-16-21-20(28(32)35)6-7-22-26(21)37-17-29(22)10-12-31(13-11-29)15-18-3-1-5-24-19(18)4-2-14-36-24/h1,3,5-7,23H,2,4,8-17H2,(H,30,33,34). The quantitative estimate of drug-likeness (QED) is 0.651. The van der Waals surface area contributed by atoms with Crippen molar-refractivity contribution >= 4 is 17.7 Å². The van der Waals surface area contributed by atoms with Gasteiger partial charge in [0.05, 0.1) is 19.8 Å². The summed E-state index contributed by atoms with van der Waals surface area (Å²) in [6, 6.07) is 9.81. The van der Waals surface area contributed by atoms with Gasteiger partial charge >= 0.3 is 0 Å². The summed E-state index contributed by atoms with van der Waals surface area (Å²) in [5.74, 6) is 1.07. The third kappa shape index (κ3) is 3.64. The summed E-state index contributed by atoms with van der Waals surface area (Å²) in [6.07, 6.45) is 4.80. The van der Waals surface area contributed by atoms with Gasteiger partial charge in [-0.05, 0) is 68.5 Å². The molecule has 2 saturated heterocycles. The third-order valence-electron chi connectivity index (χ3n) is 9.00. The van der Waals surface area contributed by atoms with E-state index in [0.717, 1.165) is 69.0 Å². The molecule has 8 nitrogen and oxygen atoms in total. The Balaban J connectivity index is 1.08. The molecule has 5 aliphatic heterocycles. The summed E-state index contributed by atoms with van der Waals surface area (Å²) in [5.41, 5.74) is 5.42. The van der Waals surface area contributed by atoms with E-state index < -0.39 is 6.04 Å². The molecule has 2 aromatic rings. The molecule has 0 saturated carbocycles. The van der Waals surface area contributed by atoms with Crippen LogP contribution in [0.2, 0.25) is 0 Å². The highest BCUT2D eigenvalue weighted by Gasteiger charge is 2.47. The fraction of sp³-hybridized carbons (Fsp3) is 0.483. The zero-order valence-corrected chi connectivity index (χ0v) is 20.9. The number of hydrogen-bond acceptors (Lipinski definition) is 6. The lowest BCUT2D eigenvalue weighted by Gasteiger charge is -2.39. The van der Waals surface area contributed by atoms with Crippen LogP contribution in [0.25, 0.3) is 0 Å². The topological polar surface area (TPSA) is 88.2 Å². The number of imide groups is 1. The normalized spacial score (nSPS) is 24.3. The minimum absolute atomic E-state index is 0.0365. The second-order valence-corrected chi connectivity index (χ2v) is 11.1. The van der Waals surface area contributed by atoms with Gasteiger partial charge in [0.25, 0.3) is 5.91 Å². The van der Waals surface area contributed by atoms with Gasteiger partial charge in [0.2, 0.25) is 11.8 Å². The largest absolute Gasteiger partial charge is 0.493 e. The maximum Gasteiger partial charge on any atom is 0.255 e. The maximum absolute atomic E-state index is 13.2. The van der Waals surface area contributed by atoms with Gasteiger partial charge in [0.15, 0.2) is 0 Å². The number of benzene rings is 2. The van der Waals surface area contributed by atoms with Crippen LogP contribution in [0.15, 0.2) is 30.3 Å². The summed E-state index contributed by atoms with van der Waals surface area (Å²) in [4.78, 5) is 41.4. The molecule has 5 heterocycles. The molecule has 1 unspecified atom stereocenters. The highest BCUT2D eigenvalue weighted by Crippen LogP contribution is 2.49. The van der Waals surface area contributed by atoms with Crippen LogP contribution in [-0.2, 0) is 34.5 Å². The van der Waals surface area contributed by atoms with E-state index in [0.29, 0.717) is 25.1 Å². The lowest BCUT2D eigenvalue weighted by Crippen LogP contribution is -2.52. The summed E-state index contributed by atoms with van der Waals surface area (Å²) in [5, 5.41) is 2.38. The van der Waals surface area contributed by atoms with E-state index in [-0.39, 0.29) is 29.6 Å². The number of carbonyl (C=O) groups excluding carboxylic acids is 3. The Morgan fingerprint density at radius 3 is 2.70 bits per heavy atom. The van der Waals surface area contributed by atoms with Crippen LogP contribution in [0, 0.1) is 0 Å². The van der Waals surface area contributed by atoms with Gasteiger partial charge in [-0.3, -0.25) is 24.6 Å². The van der Waals surface area contributed by atoms with Gasteiger partial charge in [-0.2, -0.15) is 0 Å². The summed E-state index contributed by atoms with van der Waals surface area (Å²) < 4.78 is 12.2. The molecule has 8 heteroatoms. The highest BCUT2D eigenvalue weighted by molar-refractivity contribution is 6.05. The van der Waals surface area contributed by atoms with Crippen LogP contribution in [0.5, 0.6) is 11.5 Å².